The Morgan fingerprint density at radius 1 is 1.31 bits per heavy atom. The van der Waals surface area contributed by atoms with E-state index in [0.717, 1.165) is 0 Å². The topological polar surface area (TPSA) is 15.6 Å². The fourth-order valence-corrected chi connectivity index (χ4v) is 3.03. The van der Waals surface area contributed by atoms with Gasteiger partial charge in [-0.2, -0.15) is 0 Å². The Morgan fingerprint density at radius 2 is 2.00 bits per heavy atom. The highest BCUT2D eigenvalue weighted by molar-refractivity contribution is 8.02. The van der Waals surface area contributed by atoms with E-state index in [2.05, 4.69) is 30.0 Å². The molecule has 0 aromatic rings. The van der Waals surface area contributed by atoms with Gasteiger partial charge in [0.25, 0.3) is 0 Å². The molecular weight excluding hydrogens is 180 g/mol. The molecule has 13 heavy (non-hydrogen) atoms. The largest absolute Gasteiger partial charge is 0.273 e. The number of aliphatic imine (C=N–C) groups is 1. The number of hydrogen-bond acceptors (Lipinski definition) is 3. The van der Waals surface area contributed by atoms with Gasteiger partial charge < -0.3 is 0 Å². The van der Waals surface area contributed by atoms with Gasteiger partial charge in [-0.15, -0.1) is 11.8 Å². The van der Waals surface area contributed by atoms with Crippen LogP contribution in [0, 0.1) is 0 Å². The lowest BCUT2D eigenvalue weighted by atomic mass is 10.1. The van der Waals surface area contributed by atoms with Crippen LogP contribution in [0.25, 0.3) is 0 Å². The zero-order valence-electron chi connectivity index (χ0n) is 8.49. The van der Waals surface area contributed by atoms with Crippen LogP contribution >= 0.6 is 11.8 Å². The minimum absolute atomic E-state index is 0.252. The van der Waals surface area contributed by atoms with Crippen molar-refractivity contribution in [3.8, 4) is 0 Å². The van der Waals surface area contributed by atoms with E-state index in [-0.39, 0.29) is 4.75 Å². The molecule has 1 unspecified atom stereocenters. The molecule has 0 N–H and O–H groups in total. The van der Waals surface area contributed by atoms with Gasteiger partial charge in [0.15, 0.2) is 0 Å². The zero-order chi connectivity index (χ0) is 9.31. The molecule has 2 heterocycles. The Kier molecular flexibility index (Phi) is 2.65. The van der Waals surface area contributed by atoms with Gasteiger partial charge in [-0.05, 0) is 26.7 Å². The summed E-state index contributed by atoms with van der Waals surface area (Å²) in [7, 11) is 0. The van der Waals surface area contributed by atoms with Crippen LogP contribution in [0.4, 0.5) is 0 Å². The Labute approximate surface area is 84.8 Å². The van der Waals surface area contributed by atoms with Crippen molar-refractivity contribution < 1.29 is 0 Å². The standard InChI is InChI=1S/C10H18N2S/c1-10(2)8-11-9(13-10)12-6-4-3-5-7-12/h8-9H,3-7H2,1-2H3. The molecule has 1 saturated heterocycles. The first kappa shape index (κ1) is 9.53. The average molecular weight is 198 g/mol. The normalized spacial score (nSPS) is 33.8. The first-order chi connectivity index (χ1) is 6.17. The summed E-state index contributed by atoms with van der Waals surface area (Å²) in [5.74, 6) is 0. The minimum atomic E-state index is 0.252. The third-order valence-corrected chi connectivity index (χ3v) is 3.97. The fourth-order valence-electron chi connectivity index (χ4n) is 1.88. The van der Waals surface area contributed by atoms with Crippen LogP contribution in [0.5, 0.6) is 0 Å². The molecule has 0 aromatic carbocycles. The van der Waals surface area contributed by atoms with Crippen molar-refractivity contribution >= 4 is 18.0 Å². The predicted molar refractivity (Wildman–Crippen MR) is 59.4 cm³/mol. The second-order valence-corrected chi connectivity index (χ2v) is 6.13. The highest BCUT2D eigenvalue weighted by atomic mass is 32.2. The maximum atomic E-state index is 4.58. The van der Waals surface area contributed by atoms with Gasteiger partial charge in [-0.3, -0.25) is 9.89 Å². The number of hydrogen-bond donors (Lipinski definition) is 0. The number of likely N-dealkylation sites (tertiary alicyclic amines) is 1. The summed E-state index contributed by atoms with van der Waals surface area (Å²) >= 11 is 1.98. The average Bonchev–Trinajstić information content (AvgIpc) is 2.48. The lowest BCUT2D eigenvalue weighted by Gasteiger charge is -2.31. The van der Waals surface area contributed by atoms with Crippen molar-refractivity contribution in [1.82, 2.24) is 4.90 Å². The monoisotopic (exact) mass is 198 g/mol. The van der Waals surface area contributed by atoms with Crippen LogP contribution in [-0.2, 0) is 0 Å². The van der Waals surface area contributed by atoms with Crippen LogP contribution in [0.15, 0.2) is 4.99 Å². The lowest BCUT2D eigenvalue weighted by Crippen LogP contribution is -2.36. The highest BCUT2D eigenvalue weighted by Gasteiger charge is 2.31. The zero-order valence-corrected chi connectivity index (χ0v) is 9.31. The lowest BCUT2D eigenvalue weighted by molar-refractivity contribution is 0.219. The van der Waals surface area contributed by atoms with E-state index in [1.165, 1.54) is 32.4 Å². The summed E-state index contributed by atoms with van der Waals surface area (Å²) < 4.78 is 0.252. The van der Waals surface area contributed by atoms with Crippen LogP contribution in [0.1, 0.15) is 33.1 Å². The molecule has 0 aromatic heterocycles. The van der Waals surface area contributed by atoms with E-state index in [0.29, 0.717) is 5.50 Å². The van der Waals surface area contributed by atoms with Crippen molar-refractivity contribution in [2.45, 2.75) is 43.4 Å². The summed E-state index contributed by atoms with van der Waals surface area (Å²) in [6.45, 7) is 6.96. The molecule has 2 aliphatic rings. The molecule has 74 valence electrons. The molecule has 0 radical (unpaired) electrons. The van der Waals surface area contributed by atoms with E-state index in [4.69, 9.17) is 0 Å². The van der Waals surface area contributed by atoms with Crippen molar-refractivity contribution in [3.05, 3.63) is 0 Å². The van der Waals surface area contributed by atoms with Crippen LogP contribution in [-0.4, -0.2) is 34.4 Å². The summed E-state index contributed by atoms with van der Waals surface area (Å²) in [6, 6.07) is 0. The first-order valence-corrected chi connectivity index (χ1v) is 6.02. The van der Waals surface area contributed by atoms with Gasteiger partial charge in [0, 0.05) is 24.1 Å². The number of rotatable bonds is 1. The second-order valence-electron chi connectivity index (χ2n) is 4.42. The Morgan fingerprint density at radius 3 is 2.54 bits per heavy atom. The fraction of sp³-hybridized carbons (Fsp3) is 0.900. The van der Waals surface area contributed by atoms with E-state index in [1.54, 1.807) is 0 Å². The Bertz CT molecular complexity index is 207. The molecule has 2 rings (SSSR count). The first-order valence-electron chi connectivity index (χ1n) is 5.14. The minimum Gasteiger partial charge on any atom is -0.273 e. The maximum Gasteiger partial charge on any atom is 0.149 e. The number of thioether (sulfide) groups is 1. The van der Waals surface area contributed by atoms with E-state index in [9.17, 15) is 0 Å². The summed E-state index contributed by atoms with van der Waals surface area (Å²) in [4.78, 5) is 7.09. The molecule has 0 aliphatic carbocycles. The molecule has 2 nitrogen and oxygen atoms in total. The molecule has 0 spiro atoms. The SMILES string of the molecule is CC1(C)C=NC(N2CCCCC2)S1. The second kappa shape index (κ2) is 3.62. The maximum absolute atomic E-state index is 4.58. The van der Waals surface area contributed by atoms with Crippen molar-refractivity contribution in [2.24, 2.45) is 4.99 Å². The van der Waals surface area contributed by atoms with E-state index >= 15 is 0 Å². The van der Waals surface area contributed by atoms with E-state index < -0.39 is 0 Å². The van der Waals surface area contributed by atoms with Crippen LogP contribution in [0.3, 0.4) is 0 Å². The summed E-state index contributed by atoms with van der Waals surface area (Å²) in [5.41, 5.74) is 0.412. The van der Waals surface area contributed by atoms with Gasteiger partial charge in [-0.1, -0.05) is 6.42 Å². The molecule has 3 heteroatoms. The molecule has 0 amide bonds. The summed E-state index contributed by atoms with van der Waals surface area (Å²) in [5, 5.41) is 0. The highest BCUT2D eigenvalue weighted by Crippen LogP contribution is 2.36. The van der Waals surface area contributed by atoms with Crippen molar-refractivity contribution in [1.29, 1.82) is 0 Å². The molecule has 1 fully saturated rings. The van der Waals surface area contributed by atoms with Crippen molar-refractivity contribution in [2.75, 3.05) is 13.1 Å². The molecular formula is C10H18N2S. The Hall–Kier alpha value is -0.0200. The smallest absolute Gasteiger partial charge is 0.149 e. The molecule has 2 aliphatic heterocycles. The number of piperidine rings is 1. The van der Waals surface area contributed by atoms with E-state index in [1.807, 2.05) is 11.8 Å². The Balaban J connectivity index is 1.92. The molecule has 0 saturated carbocycles. The van der Waals surface area contributed by atoms with Gasteiger partial charge in [0.1, 0.15) is 5.50 Å². The van der Waals surface area contributed by atoms with Crippen molar-refractivity contribution in [3.63, 3.8) is 0 Å². The third kappa shape index (κ3) is 2.26. The number of nitrogens with zero attached hydrogens (tertiary/aromatic N) is 2. The van der Waals surface area contributed by atoms with Crippen LogP contribution < -0.4 is 0 Å². The molecule has 0 bridgehead atoms. The van der Waals surface area contributed by atoms with Gasteiger partial charge in [-0.25, -0.2) is 0 Å². The van der Waals surface area contributed by atoms with Gasteiger partial charge in [0.05, 0.1) is 0 Å². The summed E-state index contributed by atoms with van der Waals surface area (Å²) in [6.07, 6.45) is 6.22. The van der Waals surface area contributed by atoms with Crippen LogP contribution in [0.2, 0.25) is 0 Å². The van der Waals surface area contributed by atoms with Gasteiger partial charge in [0.2, 0.25) is 0 Å². The predicted octanol–water partition coefficient (Wildman–Crippen LogP) is 2.35. The quantitative estimate of drug-likeness (QED) is 0.643. The molecule has 1 atom stereocenters. The van der Waals surface area contributed by atoms with Gasteiger partial charge >= 0.3 is 0 Å². The third-order valence-electron chi connectivity index (χ3n) is 2.63.